The van der Waals surface area contributed by atoms with Gasteiger partial charge in [0, 0.05) is 38.1 Å². The van der Waals surface area contributed by atoms with Crippen LogP contribution in [0.2, 0.25) is 0 Å². The molecule has 0 unspecified atom stereocenters. The predicted molar refractivity (Wildman–Crippen MR) is 210 cm³/mol. The number of anilines is 1. The molecule has 10 rings (SSSR count). The van der Waals surface area contributed by atoms with E-state index >= 15 is 0 Å². The van der Waals surface area contributed by atoms with Gasteiger partial charge in [0.05, 0.1) is 23.4 Å². The van der Waals surface area contributed by atoms with Gasteiger partial charge in [-0.3, -0.25) is 5.41 Å². The molecule has 3 aromatic heterocycles. The first-order valence-corrected chi connectivity index (χ1v) is 17.1. The molecule has 0 atom stereocenters. The molecule has 0 aliphatic carbocycles. The highest BCUT2D eigenvalue weighted by molar-refractivity contribution is 6.26. The van der Waals surface area contributed by atoms with Gasteiger partial charge in [0.2, 0.25) is 0 Å². The fraction of sp³-hybridized carbons (Fsp3) is 0.0217. The van der Waals surface area contributed by atoms with Crippen molar-refractivity contribution in [3.63, 3.8) is 0 Å². The van der Waals surface area contributed by atoms with E-state index in [0.717, 1.165) is 77.4 Å². The number of para-hydroxylation sites is 3. The summed E-state index contributed by atoms with van der Waals surface area (Å²) >= 11 is 0. The zero-order valence-electron chi connectivity index (χ0n) is 27.6. The van der Waals surface area contributed by atoms with E-state index in [1.54, 1.807) is 0 Å². The van der Waals surface area contributed by atoms with Crippen molar-refractivity contribution in [1.82, 2.24) is 4.57 Å². The third-order valence-electron chi connectivity index (χ3n) is 9.97. The van der Waals surface area contributed by atoms with Crippen LogP contribution in [0.4, 0.5) is 5.69 Å². The van der Waals surface area contributed by atoms with Crippen molar-refractivity contribution in [2.75, 3.05) is 5.32 Å². The highest BCUT2D eigenvalue weighted by Gasteiger charge is 2.24. The van der Waals surface area contributed by atoms with Gasteiger partial charge in [0.25, 0.3) is 0 Å². The number of hydrogen-bond acceptors (Lipinski definition) is 4. The summed E-state index contributed by atoms with van der Waals surface area (Å²) in [5.74, 6) is 0.487. The zero-order valence-corrected chi connectivity index (χ0v) is 27.6. The van der Waals surface area contributed by atoms with Crippen LogP contribution in [-0.2, 0) is 6.67 Å². The van der Waals surface area contributed by atoms with Crippen LogP contribution in [0, 0.1) is 5.41 Å². The summed E-state index contributed by atoms with van der Waals surface area (Å²) in [6.07, 6.45) is 0. The summed E-state index contributed by atoms with van der Waals surface area (Å²) < 4.78 is 15.5. The summed E-state index contributed by atoms with van der Waals surface area (Å²) in [5.41, 5.74) is 10.7. The Bertz CT molecular complexity index is 2880. The summed E-state index contributed by atoms with van der Waals surface area (Å²) in [4.78, 5) is 0. The minimum absolute atomic E-state index is 0.288. The van der Waals surface area contributed by atoms with E-state index in [4.69, 9.17) is 8.83 Å². The molecule has 10 aromatic rings. The fourth-order valence-electron chi connectivity index (χ4n) is 7.62. The Morgan fingerprint density at radius 2 is 1.14 bits per heavy atom. The van der Waals surface area contributed by atoms with Gasteiger partial charge >= 0.3 is 0 Å². The molecular formula is C46H31N3O2. The monoisotopic (exact) mass is 657 g/mol. The fourth-order valence-corrected chi connectivity index (χ4v) is 7.62. The van der Waals surface area contributed by atoms with E-state index in [-0.39, 0.29) is 5.71 Å². The summed E-state index contributed by atoms with van der Waals surface area (Å²) in [6.45, 7) is 0.498. The summed E-state index contributed by atoms with van der Waals surface area (Å²) in [6, 6.07) is 56.1. The molecule has 51 heavy (non-hydrogen) atoms. The van der Waals surface area contributed by atoms with Gasteiger partial charge in [0.1, 0.15) is 22.5 Å². The molecule has 0 amide bonds. The Morgan fingerprint density at radius 1 is 0.529 bits per heavy atom. The second-order valence-electron chi connectivity index (χ2n) is 12.9. The van der Waals surface area contributed by atoms with Crippen LogP contribution in [0.3, 0.4) is 0 Å². The third-order valence-corrected chi connectivity index (χ3v) is 9.97. The smallest absolute Gasteiger partial charge is 0.176 e. The van der Waals surface area contributed by atoms with Crippen molar-refractivity contribution in [2.24, 2.45) is 0 Å². The summed E-state index contributed by atoms with van der Waals surface area (Å²) in [7, 11) is 0. The Morgan fingerprint density at radius 3 is 1.86 bits per heavy atom. The van der Waals surface area contributed by atoms with Gasteiger partial charge in [-0.2, -0.15) is 0 Å². The standard InChI is InChI=1S/C46H31N3O2/c47-43(46-44(34-20-9-12-24-40(34)50-46)48-28-49-38-22-10-7-18-32(38)33-19-8-11-23-39(33)49)35-21-13-25-41-42(35)37-27-31(29-14-3-1-4-15-29)26-36(45(37)51-41)30-16-5-2-6-17-30/h1-27,47-48H,28H2. The van der Waals surface area contributed by atoms with E-state index in [2.05, 4.69) is 125 Å². The molecule has 0 saturated heterocycles. The number of benzene rings is 7. The van der Waals surface area contributed by atoms with Crippen LogP contribution < -0.4 is 5.32 Å². The lowest BCUT2D eigenvalue weighted by atomic mass is 9.94. The number of furan rings is 2. The average molecular weight is 658 g/mol. The van der Waals surface area contributed by atoms with Gasteiger partial charge in [-0.05, 0) is 59.2 Å². The van der Waals surface area contributed by atoms with Crippen molar-refractivity contribution in [3.8, 4) is 22.3 Å². The molecule has 5 heteroatoms. The molecule has 3 heterocycles. The van der Waals surface area contributed by atoms with Crippen LogP contribution in [-0.4, -0.2) is 10.3 Å². The van der Waals surface area contributed by atoms with Gasteiger partial charge in [0.15, 0.2) is 5.76 Å². The summed E-state index contributed by atoms with van der Waals surface area (Å²) in [5, 5.41) is 18.7. The largest absolute Gasteiger partial charge is 0.455 e. The van der Waals surface area contributed by atoms with Crippen molar-refractivity contribution in [3.05, 3.63) is 175 Å². The van der Waals surface area contributed by atoms with Gasteiger partial charge in [-0.25, -0.2) is 0 Å². The minimum atomic E-state index is 0.288. The van der Waals surface area contributed by atoms with E-state index < -0.39 is 0 Å². The second-order valence-corrected chi connectivity index (χ2v) is 12.9. The van der Waals surface area contributed by atoms with E-state index in [1.807, 2.05) is 48.5 Å². The Labute approximate surface area is 293 Å². The van der Waals surface area contributed by atoms with E-state index in [0.29, 0.717) is 12.4 Å². The van der Waals surface area contributed by atoms with Crippen molar-refractivity contribution >= 4 is 66.1 Å². The molecule has 0 fully saturated rings. The first-order chi connectivity index (χ1) is 25.2. The molecule has 242 valence electrons. The SMILES string of the molecule is N=C(c1oc2ccccc2c1NCn1c2ccccc2c2ccccc21)c1cccc2oc3c(-c4ccccc4)cc(-c4ccccc4)cc3c12. The molecule has 0 spiro atoms. The number of nitrogens with zero attached hydrogens (tertiary/aromatic N) is 1. The van der Waals surface area contributed by atoms with Gasteiger partial charge in [-0.1, -0.05) is 121 Å². The highest BCUT2D eigenvalue weighted by Crippen LogP contribution is 2.42. The van der Waals surface area contributed by atoms with Crippen LogP contribution in [0.1, 0.15) is 11.3 Å². The predicted octanol–water partition coefficient (Wildman–Crippen LogP) is 12.3. The van der Waals surface area contributed by atoms with Crippen molar-refractivity contribution in [1.29, 1.82) is 5.41 Å². The first-order valence-electron chi connectivity index (χ1n) is 17.1. The quantitative estimate of drug-likeness (QED) is 0.168. The van der Waals surface area contributed by atoms with Crippen LogP contribution in [0.15, 0.2) is 173 Å². The lowest BCUT2D eigenvalue weighted by Crippen LogP contribution is -2.11. The van der Waals surface area contributed by atoms with Crippen LogP contribution >= 0.6 is 0 Å². The Kier molecular flexibility index (Phi) is 6.64. The molecular weight excluding hydrogens is 627 g/mol. The van der Waals surface area contributed by atoms with E-state index in [9.17, 15) is 5.41 Å². The number of rotatable bonds is 7. The minimum Gasteiger partial charge on any atom is -0.455 e. The molecule has 0 aliphatic rings. The van der Waals surface area contributed by atoms with Gasteiger partial charge in [-0.15, -0.1) is 0 Å². The van der Waals surface area contributed by atoms with Crippen LogP contribution in [0.25, 0.3) is 77.0 Å². The van der Waals surface area contributed by atoms with Crippen molar-refractivity contribution in [2.45, 2.75) is 6.67 Å². The average Bonchev–Trinajstić information content (AvgIpc) is 3.87. The highest BCUT2D eigenvalue weighted by atomic mass is 16.3. The molecule has 0 bridgehead atoms. The molecule has 0 aliphatic heterocycles. The number of aromatic nitrogens is 1. The second kappa shape index (κ2) is 11.6. The molecule has 7 aromatic carbocycles. The maximum Gasteiger partial charge on any atom is 0.176 e. The lowest BCUT2D eigenvalue weighted by Gasteiger charge is -2.12. The Hall–Kier alpha value is -6.85. The molecule has 0 radical (unpaired) electrons. The number of hydrogen-bond donors (Lipinski definition) is 2. The lowest BCUT2D eigenvalue weighted by molar-refractivity contribution is 0.605. The normalized spacial score (nSPS) is 11.7. The molecule has 2 N–H and O–H groups in total. The molecule has 0 saturated carbocycles. The first kappa shape index (κ1) is 29.1. The van der Waals surface area contributed by atoms with Crippen molar-refractivity contribution < 1.29 is 8.83 Å². The third kappa shape index (κ3) is 4.67. The number of nitrogens with one attached hydrogen (secondary N) is 2. The van der Waals surface area contributed by atoms with E-state index in [1.165, 1.54) is 10.8 Å². The van der Waals surface area contributed by atoms with Crippen LogP contribution in [0.5, 0.6) is 0 Å². The maximum absolute atomic E-state index is 9.81. The topological polar surface area (TPSA) is 67.1 Å². The van der Waals surface area contributed by atoms with Gasteiger partial charge < -0.3 is 18.7 Å². The zero-order chi connectivity index (χ0) is 33.9. The Balaban J connectivity index is 1.15. The number of fused-ring (bicyclic) bond motifs is 7. The maximum atomic E-state index is 9.81. The molecule has 5 nitrogen and oxygen atoms in total.